The molecule has 0 saturated heterocycles. The lowest BCUT2D eigenvalue weighted by atomic mass is 10.2. The summed E-state index contributed by atoms with van der Waals surface area (Å²) in [5.74, 6) is 0.842. The molecule has 4 nitrogen and oxygen atoms in total. The first-order valence-corrected chi connectivity index (χ1v) is 6.86. The van der Waals surface area contributed by atoms with Crippen molar-refractivity contribution >= 4 is 11.0 Å². The van der Waals surface area contributed by atoms with E-state index in [4.69, 9.17) is 0 Å². The summed E-state index contributed by atoms with van der Waals surface area (Å²) in [6.45, 7) is 2.08. The van der Waals surface area contributed by atoms with Gasteiger partial charge in [0, 0.05) is 6.20 Å². The molecule has 1 N–H and O–H groups in total. The first-order valence-electron chi connectivity index (χ1n) is 6.86. The lowest BCUT2D eigenvalue weighted by molar-refractivity contribution is 0.880. The Hall–Kier alpha value is -2.88. The largest absolute Gasteiger partial charge is 0.338 e. The number of fused-ring (bicyclic) bond motifs is 1. The van der Waals surface area contributed by atoms with Gasteiger partial charge >= 0.3 is 0 Å². The van der Waals surface area contributed by atoms with Crippen LogP contribution in [0.1, 0.15) is 5.56 Å². The van der Waals surface area contributed by atoms with Crippen LogP contribution in [-0.4, -0.2) is 19.7 Å². The van der Waals surface area contributed by atoms with Crippen LogP contribution in [-0.2, 0) is 0 Å². The summed E-state index contributed by atoms with van der Waals surface area (Å²) in [4.78, 5) is 7.92. The van der Waals surface area contributed by atoms with Gasteiger partial charge in [-0.15, -0.1) is 0 Å². The maximum Gasteiger partial charge on any atom is 0.141 e. The van der Waals surface area contributed by atoms with Crippen molar-refractivity contribution in [1.82, 2.24) is 19.7 Å². The number of aromatic amines is 1. The van der Waals surface area contributed by atoms with Crippen LogP contribution >= 0.6 is 0 Å². The molecule has 2 heterocycles. The summed E-state index contributed by atoms with van der Waals surface area (Å²) in [5, 5.41) is 4.42. The molecule has 0 spiro atoms. The average Bonchev–Trinajstić information content (AvgIpc) is 3.14. The molecule has 0 aliphatic carbocycles. The van der Waals surface area contributed by atoms with Crippen LogP contribution in [0.2, 0.25) is 0 Å². The van der Waals surface area contributed by atoms with Crippen molar-refractivity contribution in [3.63, 3.8) is 0 Å². The van der Waals surface area contributed by atoms with Crippen LogP contribution in [0, 0.1) is 6.92 Å². The molecule has 4 heteroatoms. The number of para-hydroxylation sites is 2. The van der Waals surface area contributed by atoms with Crippen LogP contribution in [0.5, 0.6) is 0 Å². The molecule has 21 heavy (non-hydrogen) atoms. The molecule has 4 aromatic rings. The lowest BCUT2D eigenvalue weighted by Gasteiger charge is -2.00. The molecule has 2 aromatic heterocycles. The second-order valence-electron chi connectivity index (χ2n) is 5.11. The summed E-state index contributed by atoms with van der Waals surface area (Å²) in [7, 11) is 0. The first kappa shape index (κ1) is 11.9. The Morgan fingerprint density at radius 3 is 2.62 bits per heavy atom. The van der Waals surface area contributed by atoms with Crippen LogP contribution in [0.4, 0.5) is 0 Å². The van der Waals surface area contributed by atoms with Gasteiger partial charge in [0.05, 0.1) is 28.5 Å². The minimum atomic E-state index is 0.842. The fraction of sp³-hybridized carbons (Fsp3) is 0.0588. The number of aryl methyl sites for hydroxylation is 1. The number of aromatic nitrogens is 4. The molecule has 0 radical (unpaired) electrons. The van der Waals surface area contributed by atoms with Crippen molar-refractivity contribution < 1.29 is 0 Å². The van der Waals surface area contributed by atoms with Gasteiger partial charge < -0.3 is 4.98 Å². The van der Waals surface area contributed by atoms with Gasteiger partial charge in [-0.3, -0.25) is 0 Å². The number of nitrogens with one attached hydrogen (secondary N) is 1. The van der Waals surface area contributed by atoms with Crippen LogP contribution in [0.25, 0.3) is 28.1 Å². The molecular weight excluding hydrogens is 260 g/mol. The van der Waals surface area contributed by atoms with Gasteiger partial charge in [0.25, 0.3) is 0 Å². The average molecular weight is 274 g/mol. The van der Waals surface area contributed by atoms with Crippen molar-refractivity contribution in [3.8, 4) is 17.1 Å². The second kappa shape index (κ2) is 4.59. The highest BCUT2D eigenvalue weighted by Gasteiger charge is 2.08. The SMILES string of the molecule is Cc1ccc(-n2cc(-c3nc4ccccc4[nH]3)cn2)cc1. The van der Waals surface area contributed by atoms with Gasteiger partial charge in [-0.1, -0.05) is 29.8 Å². The molecule has 0 atom stereocenters. The third-order valence-corrected chi connectivity index (χ3v) is 3.54. The highest BCUT2D eigenvalue weighted by atomic mass is 15.3. The minimum absolute atomic E-state index is 0.842. The molecule has 0 fully saturated rings. The van der Waals surface area contributed by atoms with Gasteiger partial charge in [-0.05, 0) is 31.2 Å². The van der Waals surface area contributed by atoms with Gasteiger partial charge in [0.2, 0.25) is 0 Å². The van der Waals surface area contributed by atoms with E-state index in [1.807, 2.05) is 41.3 Å². The van der Waals surface area contributed by atoms with Crippen molar-refractivity contribution in [1.29, 1.82) is 0 Å². The quantitative estimate of drug-likeness (QED) is 0.605. The van der Waals surface area contributed by atoms with Crippen molar-refractivity contribution in [2.75, 3.05) is 0 Å². The fourth-order valence-electron chi connectivity index (χ4n) is 2.37. The van der Waals surface area contributed by atoms with E-state index in [2.05, 4.69) is 46.3 Å². The number of hydrogen-bond acceptors (Lipinski definition) is 2. The molecule has 2 aromatic carbocycles. The highest BCUT2D eigenvalue weighted by Crippen LogP contribution is 2.21. The van der Waals surface area contributed by atoms with E-state index in [-0.39, 0.29) is 0 Å². The molecular formula is C17H14N4. The molecule has 4 rings (SSSR count). The normalized spacial score (nSPS) is 11.1. The summed E-state index contributed by atoms with van der Waals surface area (Å²) < 4.78 is 1.86. The molecule has 0 unspecified atom stereocenters. The van der Waals surface area contributed by atoms with Gasteiger partial charge in [-0.2, -0.15) is 5.10 Å². The van der Waals surface area contributed by atoms with E-state index >= 15 is 0 Å². The monoisotopic (exact) mass is 274 g/mol. The zero-order chi connectivity index (χ0) is 14.2. The van der Waals surface area contributed by atoms with Crippen LogP contribution < -0.4 is 0 Å². The molecule has 0 amide bonds. The number of H-pyrrole nitrogens is 1. The molecule has 0 bridgehead atoms. The Kier molecular flexibility index (Phi) is 2.60. The Balaban J connectivity index is 1.75. The number of imidazole rings is 1. The predicted octanol–water partition coefficient (Wildman–Crippen LogP) is 3.72. The second-order valence-corrected chi connectivity index (χ2v) is 5.11. The van der Waals surface area contributed by atoms with Crippen molar-refractivity contribution in [3.05, 3.63) is 66.5 Å². The molecule has 0 aliphatic rings. The third kappa shape index (κ3) is 2.10. The topological polar surface area (TPSA) is 46.5 Å². The summed E-state index contributed by atoms with van der Waals surface area (Å²) in [6, 6.07) is 16.3. The van der Waals surface area contributed by atoms with Gasteiger partial charge in [0.15, 0.2) is 0 Å². The maximum atomic E-state index is 4.60. The number of benzene rings is 2. The fourth-order valence-corrected chi connectivity index (χ4v) is 2.37. The highest BCUT2D eigenvalue weighted by molar-refractivity contribution is 5.78. The molecule has 0 aliphatic heterocycles. The Morgan fingerprint density at radius 2 is 1.81 bits per heavy atom. The Labute approximate surface area is 122 Å². The van der Waals surface area contributed by atoms with Crippen LogP contribution in [0.15, 0.2) is 60.9 Å². The zero-order valence-electron chi connectivity index (χ0n) is 11.6. The molecule has 0 saturated carbocycles. The van der Waals surface area contributed by atoms with E-state index < -0.39 is 0 Å². The Morgan fingerprint density at radius 1 is 1.00 bits per heavy atom. The van der Waals surface area contributed by atoms with E-state index in [9.17, 15) is 0 Å². The van der Waals surface area contributed by atoms with E-state index in [0.717, 1.165) is 28.1 Å². The smallest absolute Gasteiger partial charge is 0.141 e. The third-order valence-electron chi connectivity index (χ3n) is 3.54. The zero-order valence-corrected chi connectivity index (χ0v) is 11.6. The Bertz CT molecular complexity index is 867. The minimum Gasteiger partial charge on any atom is -0.338 e. The van der Waals surface area contributed by atoms with Gasteiger partial charge in [-0.25, -0.2) is 9.67 Å². The summed E-state index contributed by atoms with van der Waals surface area (Å²) >= 11 is 0. The summed E-state index contributed by atoms with van der Waals surface area (Å²) in [6.07, 6.45) is 3.82. The van der Waals surface area contributed by atoms with Crippen molar-refractivity contribution in [2.24, 2.45) is 0 Å². The molecule has 102 valence electrons. The van der Waals surface area contributed by atoms with Crippen molar-refractivity contribution in [2.45, 2.75) is 6.92 Å². The maximum absolute atomic E-state index is 4.60. The van der Waals surface area contributed by atoms with E-state index in [0.29, 0.717) is 0 Å². The van der Waals surface area contributed by atoms with E-state index in [1.165, 1.54) is 5.56 Å². The number of rotatable bonds is 2. The number of nitrogens with zero attached hydrogens (tertiary/aromatic N) is 3. The lowest BCUT2D eigenvalue weighted by Crippen LogP contribution is -1.93. The number of hydrogen-bond donors (Lipinski definition) is 1. The van der Waals surface area contributed by atoms with Gasteiger partial charge in [0.1, 0.15) is 5.82 Å². The standard InChI is InChI=1S/C17H14N4/c1-12-6-8-14(9-7-12)21-11-13(10-18-21)17-19-15-4-2-3-5-16(15)20-17/h2-11H,1H3,(H,19,20). The first-order chi connectivity index (χ1) is 10.3. The van der Waals surface area contributed by atoms with E-state index in [1.54, 1.807) is 0 Å². The van der Waals surface area contributed by atoms with Crippen LogP contribution in [0.3, 0.4) is 0 Å². The summed E-state index contributed by atoms with van der Waals surface area (Å²) in [5.41, 5.74) is 5.27. The predicted molar refractivity (Wildman–Crippen MR) is 83.4 cm³/mol.